The van der Waals surface area contributed by atoms with Crippen LogP contribution in [0.2, 0.25) is 0 Å². The molecule has 1 saturated heterocycles. The average molecular weight is 413 g/mol. The molecule has 0 aliphatic carbocycles. The highest BCUT2D eigenvalue weighted by Crippen LogP contribution is 2.27. The van der Waals surface area contributed by atoms with E-state index in [-0.39, 0.29) is 17.8 Å². The lowest BCUT2D eigenvalue weighted by Crippen LogP contribution is -2.40. The van der Waals surface area contributed by atoms with Crippen LogP contribution < -0.4 is 5.32 Å². The van der Waals surface area contributed by atoms with Crippen LogP contribution in [0.3, 0.4) is 0 Å². The van der Waals surface area contributed by atoms with E-state index in [0.29, 0.717) is 44.3 Å². The molecule has 9 heteroatoms. The SMILES string of the molecule is COCC(Nc1ncnn2cc(C(=O)N3CCOCC3)c(C)c12)c1ccc(F)cc1. The van der Waals surface area contributed by atoms with Crippen LogP contribution in [0.15, 0.2) is 36.8 Å². The fraction of sp³-hybridized carbons (Fsp3) is 0.381. The highest BCUT2D eigenvalue weighted by molar-refractivity contribution is 5.99. The first kappa shape index (κ1) is 20.2. The second kappa shape index (κ2) is 8.76. The first-order valence-corrected chi connectivity index (χ1v) is 9.79. The van der Waals surface area contributed by atoms with Crippen LogP contribution in [0.25, 0.3) is 5.52 Å². The Kier molecular flexibility index (Phi) is 5.91. The first-order valence-electron chi connectivity index (χ1n) is 9.79. The number of carbonyl (C=O) groups excluding carboxylic acids is 1. The largest absolute Gasteiger partial charge is 0.382 e. The van der Waals surface area contributed by atoms with Crippen molar-refractivity contribution in [3.8, 4) is 0 Å². The molecule has 0 saturated carbocycles. The Hall–Kier alpha value is -3.04. The maximum absolute atomic E-state index is 13.3. The highest BCUT2D eigenvalue weighted by atomic mass is 19.1. The second-order valence-electron chi connectivity index (χ2n) is 7.18. The van der Waals surface area contributed by atoms with Gasteiger partial charge in [0.25, 0.3) is 5.91 Å². The minimum atomic E-state index is -0.298. The lowest BCUT2D eigenvalue weighted by molar-refractivity contribution is 0.0302. The predicted octanol–water partition coefficient (Wildman–Crippen LogP) is 2.45. The lowest BCUT2D eigenvalue weighted by Gasteiger charge is -2.26. The van der Waals surface area contributed by atoms with E-state index in [4.69, 9.17) is 9.47 Å². The van der Waals surface area contributed by atoms with Gasteiger partial charge < -0.3 is 19.7 Å². The summed E-state index contributed by atoms with van der Waals surface area (Å²) >= 11 is 0. The van der Waals surface area contributed by atoms with Crippen molar-refractivity contribution in [1.82, 2.24) is 19.5 Å². The number of ether oxygens (including phenoxy) is 2. The molecule has 158 valence electrons. The standard InChI is InChI=1S/C21H24FN5O3/c1-14-17(21(28)26-7-9-30-10-8-26)11-27-19(14)20(23-13-24-27)25-18(12-29-2)15-3-5-16(22)6-4-15/h3-6,11,13,18H,7-10,12H2,1-2H3,(H,23,24,25). The van der Waals surface area contributed by atoms with Crippen LogP contribution in [-0.2, 0) is 9.47 Å². The minimum absolute atomic E-state index is 0.0424. The zero-order chi connectivity index (χ0) is 21.1. The number of morpholine rings is 1. The summed E-state index contributed by atoms with van der Waals surface area (Å²) in [5.74, 6) is 0.238. The van der Waals surface area contributed by atoms with Crippen LogP contribution in [0.4, 0.5) is 10.2 Å². The summed E-state index contributed by atoms with van der Waals surface area (Å²) in [6, 6.07) is 6.00. The fourth-order valence-electron chi connectivity index (χ4n) is 3.67. The van der Waals surface area contributed by atoms with Crippen molar-refractivity contribution in [3.63, 3.8) is 0 Å². The number of carbonyl (C=O) groups is 1. The molecule has 4 rings (SSSR count). The summed E-state index contributed by atoms with van der Waals surface area (Å²) in [6.45, 7) is 4.48. The smallest absolute Gasteiger partial charge is 0.255 e. The molecule has 8 nitrogen and oxygen atoms in total. The second-order valence-corrected chi connectivity index (χ2v) is 7.18. The summed E-state index contributed by atoms with van der Waals surface area (Å²) in [5.41, 5.74) is 2.97. The molecule has 1 aliphatic heterocycles. The van der Waals surface area contributed by atoms with Gasteiger partial charge in [0, 0.05) is 26.4 Å². The molecule has 1 amide bonds. The zero-order valence-electron chi connectivity index (χ0n) is 17.0. The van der Waals surface area contributed by atoms with Crippen molar-refractivity contribution in [1.29, 1.82) is 0 Å². The molecule has 1 N–H and O–H groups in total. The Balaban J connectivity index is 1.67. The number of benzene rings is 1. The maximum atomic E-state index is 13.3. The summed E-state index contributed by atoms with van der Waals surface area (Å²) < 4.78 is 25.7. The Morgan fingerprint density at radius 3 is 2.73 bits per heavy atom. The summed E-state index contributed by atoms with van der Waals surface area (Å²) in [6.07, 6.45) is 3.17. The van der Waals surface area contributed by atoms with E-state index in [0.717, 1.165) is 16.6 Å². The van der Waals surface area contributed by atoms with E-state index < -0.39 is 0 Å². The molecule has 1 atom stereocenters. The molecular formula is C21H24FN5O3. The molecule has 1 aromatic carbocycles. The number of amides is 1. The van der Waals surface area contributed by atoms with Gasteiger partial charge in [0.2, 0.25) is 0 Å². The van der Waals surface area contributed by atoms with E-state index >= 15 is 0 Å². The summed E-state index contributed by atoms with van der Waals surface area (Å²) in [4.78, 5) is 19.2. The molecule has 3 heterocycles. The van der Waals surface area contributed by atoms with Gasteiger partial charge in [0.15, 0.2) is 5.82 Å². The number of methoxy groups -OCH3 is 1. The molecule has 0 bridgehead atoms. The molecule has 0 spiro atoms. The van der Waals surface area contributed by atoms with Gasteiger partial charge in [-0.1, -0.05) is 12.1 Å². The van der Waals surface area contributed by atoms with Gasteiger partial charge in [-0.25, -0.2) is 13.9 Å². The molecule has 2 aromatic heterocycles. The maximum Gasteiger partial charge on any atom is 0.255 e. The van der Waals surface area contributed by atoms with Gasteiger partial charge >= 0.3 is 0 Å². The Morgan fingerprint density at radius 2 is 2.03 bits per heavy atom. The number of nitrogens with zero attached hydrogens (tertiary/aromatic N) is 4. The normalized spacial score (nSPS) is 15.4. The number of rotatable bonds is 6. The molecule has 0 radical (unpaired) electrons. The Bertz CT molecular complexity index is 1030. The van der Waals surface area contributed by atoms with Gasteiger partial charge in [-0.2, -0.15) is 5.10 Å². The lowest BCUT2D eigenvalue weighted by atomic mass is 10.1. The molecule has 1 fully saturated rings. The van der Waals surface area contributed by atoms with E-state index in [1.54, 1.807) is 34.9 Å². The number of aryl methyl sites for hydroxylation is 1. The van der Waals surface area contributed by atoms with Crippen molar-refractivity contribution < 1.29 is 18.7 Å². The van der Waals surface area contributed by atoms with E-state index in [9.17, 15) is 9.18 Å². The van der Waals surface area contributed by atoms with Crippen molar-refractivity contribution >= 4 is 17.2 Å². The van der Waals surface area contributed by atoms with Gasteiger partial charge in [0.05, 0.1) is 31.4 Å². The van der Waals surface area contributed by atoms with Crippen molar-refractivity contribution in [3.05, 3.63) is 59.3 Å². The minimum Gasteiger partial charge on any atom is -0.382 e. The number of halogens is 1. The molecular weight excluding hydrogens is 389 g/mol. The van der Waals surface area contributed by atoms with Crippen molar-refractivity contribution in [2.75, 3.05) is 45.3 Å². The third-order valence-electron chi connectivity index (χ3n) is 5.27. The summed E-state index contributed by atoms with van der Waals surface area (Å²) in [7, 11) is 1.61. The molecule has 1 aliphatic rings. The first-order chi connectivity index (χ1) is 14.6. The Labute approximate surface area is 173 Å². The summed E-state index contributed by atoms with van der Waals surface area (Å²) in [5, 5.41) is 7.64. The van der Waals surface area contributed by atoms with Crippen LogP contribution in [0, 0.1) is 12.7 Å². The Morgan fingerprint density at radius 1 is 1.30 bits per heavy atom. The average Bonchev–Trinajstić information content (AvgIpc) is 3.11. The fourth-order valence-corrected chi connectivity index (χ4v) is 3.67. The topological polar surface area (TPSA) is 81.0 Å². The number of fused-ring (bicyclic) bond motifs is 1. The molecule has 30 heavy (non-hydrogen) atoms. The number of anilines is 1. The third-order valence-corrected chi connectivity index (χ3v) is 5.27. The van der Waals surface area contributed by atoms with Crippen LogP contribution in [0.5, 0.6) is 0 Å². The molecule has 3 aromatic rings. The van der Waals surface area contributed by atoms with E-state index in [1.165, 1.54) is 18.5 Å². The van der Waals surface area contributed by atoms with Crippen molar-refractivity contribution in [2.45, 2.75) is 13.0 Å². The van der Waals surface area contributed by atoms with Crippen LogP contribution >= 0.6 is 0 Å². The predicted molar refractivity (Wildman–Crippen MR) is 109 cm³/mol. The van der Waals surface area contributed by atoms with Crippen LogP contribution in [-0.4, -0.2) is 65.4 Å². The zero-order valence-corrected chi connectivity index (χ0v) is 17.0. The quantitative estimate of drug-likeness (QED) is 0.669. The highest BCUT2D eigenvalue weighted by Gasteiger charge is 2.24. The number of hydrogen-bond acceptors (Lipinski definition) is 6. The number of hydrogen-bond donors (Lipinski definition) is 1. The van der Waals surface area contributed by atoms with Crippen LogP contribution in [0.1, 0.15) is 27.5 Å². The third kappa shape index (κ3) is 3.99. The number of nitrogens with one attached hydrogen (secondary N) is 1. The van der Waals surface area contributed by atoms with Gasteiger partial charge in [0.1, 0.15) is 17.7 Å². The number of aromatic nitrogens is 3. The van der Waals surface area contributed by atoms with Gasteiger partial charge in [-0.3, -0.25) is 4.79 Å². The van der Waals surface area contributed by atoms with E-state index in [1.807, 2.05) is 6.92 Å². The van der Waals surface area contributed by atoms with Crippen molar-refractivity contribution in [2.24, 2.45) is 0 Å². The molecule has 1 unspecified atom stereocenters. The van der Waals surface area contributed by atoms with Gasteiger partial charge in [-0.15, -0.1) is 0 Å². The van der Waals surface area contributed by atoms with E-state index in [2.05, 4.69) is 15.4 Å². The van der Waals surface area contributed by atoms with Gasteiger partial charge in [-0.05, 0) is 30.2 Å². The monoisotopic (exact) mass is 413 g/mol.